The van der Waals surface area contributed by atoms with Gasteiger partial charge in [-0.15, -0.1) is 0 Å². The van der Waals surface area contributed by atoms with Crippen molar-refractivity contribution in [1.82, 2.24) is 4.98 Å². The van der Waals surface area contributed by atoms with Gasteiger partial charge in [-0.1, -0.05) is 6.07 Å². The summed E-state index contributed by atoms with van der Waals surface area (Å²) < 4.78 is 5.50. The van der Waals surface area contributed by atoms with E-state index in [0.29, 0.717) is 17.0 Å². The summed E-state index contributed by atoms with van der Waals surface area (Å²) in [4.78, 5) is 4.10. The molecule has 1 aliphatic heterocycles. The molecule has 0 saturated carbocycles. The molecule has 98 valence electrons. The van der Waals surface area contributed by atoms with Crippen LogP contribution >= 0.6 is 0 Å². The van der Waals surface area contributed by atoms with Crippen molar-refractivity contribution in [2.24, 2.45) is 5.73 Å². The molecule has 5 nitrogen and oxygen atoms in total. The van der Waals surface area contributed by atoms with Crippen molar-refractivity contribution in [3.8, 4) is 11.8 Å². The fraction of sp³-hybridized carbons (Fsp3) is 0.0667. The lowest BCUT2D eigenvalue weighted by atomic mass is 9.84. The molecule has 0 aliphatic carbocycles. The summed E-state index contributed by atoms with van der Waals surface area (Å²) >= 11 is 0. The molecular formula is C15H12N4O. The Balaban J connectivity index is 2.24. The van der Waals surface area contributed by atoms with E-state index in [4.69, 9.17) is 16.2 Å². The number of aromatic nitrogens is 1. The zero-order valence-electron chi connectivity index (χ0n) is 10.6. The Hall–Kier alpha value is -3.00. The molecule has 1 unspecified atom stereocenters. The van der Waals surface area contributed by atoms with E-state index in [0.717, 1.165) is 11.1 Å². The molecule has 4 N–H and O–H groups in total. The molecule has 0 amide bonds. The predicted molar refractivity (Wildman–Crippen MR) is 74.4 cm³/mol. The number of nitrogens with zero attached hydrogens (tertiary/aromatic N) is 2. The summed E-state index contributed by atoms with van der Waals surface area (Å²) in [7, 11) is 0. The van der Waals surface area contributed by atoms with Crippen LogP contribution in [0.15, 0.2) is 54.2 Å². The van der Waals surface area contributed by atoms with Crippen LogP contribution in [0.3, 0.4) is 0 Å². The number of fused-ring (bicyclic) bond motifs is 1. The molecule has 3 rings (SSSR count). The van der Waals surface area contributed by atoms with Gasteiger partial charge in [-0.05, 0) is 29.8 Å². The maximum atomic E-state index is 9.37. The van der Waals surface area contributed by atoms with E-state index >= 15 is 0 Å². The standard InChI is InChI=1S/C15H12N4O/c16-7-12-14(9-2-1-5-19-8-9)11-6-10(17)3-4-13(11)20-15(12)18/h1-6,8,14H,17-18H2. The third kappa shape index (κ3) is 1.84. The highest BCUT2D eigenvalue weighted by atomic mass is 16.5. The third-order valence-electron chi connectivity index (χ3n) is 3.26. The highest BCUT2D eigenvalue weighted by Gasteiger charge is 2.30. The molecule has 0 bridgehead atoms. The molecule has 0 spiro atoms. The van der Waals surface area contributed by atoms with Crippen molar-refractivity contribution in [2.45, 2.75) is 5.92 Å². The molecule has 1 aromatic heterocycles. The number of hydrogen-bond acceptors (Lipinski definition) is 5. The van der Waals surface area contributed by atoms with Gasteiger partial charge in [0.15, 0.2) is 0 Å². The monoisotopic (exact) mass is 264 g/mol. The molecule has 1 aromatic carbocycles. The average molecular weight is 264 g/mol. The van der Waals surface area contributed by atoms with Gasteiger partial charge in [0, 0.05) is 23.6 Å². The van der Waals surface area contributed by atoms with Gasteiger partial charge in [0.25, 0.3) is 0 Å². The normalized spacial score (nSPS) is 17.1. The number of ether oxygens (including phenoxy) is 1. The van der Waals surface area contributed by atoms with Crippen molar-refractivity contribution < 1.29 is 4.74 Å². The van der Waals surface area contributed by atoms with E-state index in [2.05, 4.69) is 11.1 Å². The number of rotatable bonds is 1. The Kier molecular flexibility index (Phi) is 2.77. The number of pyridine rings is 1. The Bertz CT molecular complexity index is 731. The van der Waals surface area contributed by atoms with Crippen molar-refractivity contribution in [2.75, 3.05) is 5.73 Å². The predicted octanol–water partition coefficient (Wildman–Crippen LogP) is 1.88. The van der Waals surface area contributed by atoms with Crippen LogP contribution in [0.25, 0.3) is 0 Å². The van der Waals surface area contributed by atoms with Crippen LogP contribution in [0.2, 0.25) is 0 Å². The number of hydrogen-bond donors (Lipinski definition) is 2. The SMILES string of the molecule is N#CC1=C(N)Oc2ccc(N)cc2C1c1cccnc1. The first-order valence-electron chi connectivity index (χ1n) is 6.07. The van der Waals surface area contributed by atoms with E-state index in [-0.39, 0.29) is 11.8 Å². The Morgan fingerprint density at radius 3 is 2.80 bits per heavy atom. The van der Waals surface area contributed by atoms with Crippen molar-refractivity contribution in [3.05, 3.63) is 65.3 Å². The minimum atomic E-state index is -0.305. The van der Waals surface area contributed by atoms with E-state index in [1.165, 1.54) is 0 Å². The van der Waals surface area contributed by atoms with Gasteiger partial charge in [0.05, 0.1) is 5.92 Å². The zero-order valence-corrected chi connectivity index (χ0v) is 10.6. The second-order valence-corrected chi connectivity index (χ2v) is 4.51. The summed E-state index contributed by atoms with van der Waals surface area (Å²) in [5.41, 5.74) is 14.4. The van der Waals surface area contributed by atoms with Gasteiger partial charge in [-0.3, -0.25) is 4.98 Å². The van der Waals surface area contributed by atoms with Crippen LogP contribution in [0, 0.1) is 11.3 Å². The summed E-state index contributed by atoms with van der Waals surface area (Å²) in [5, 5.41) is 9.37. The Morgan fingerprint density at radius 1 is 1.25 bits per heavy atom. The van der Waals surface area contributed by atoms with E-state index in [1.807, 2.05) is 12.1 Å². The van der Waals surface area contributed by atoms with Crippen molar-refractivity contribution in [1.29, 1.82) is 5.26 Å². The van der Waals surface area contributed by atoms with Gasteiger partial charge in [-0.2, -0.15) is 5.26 Å². The van der Waals surface area contributed by atoms with Gasteiger partial charge in [0.1, 0.15) is 17.4 Å². The molecule has 0 fully saturated rings. The van der Waals surface area contributed by atoms with Crippen LogP contribution in [0.5, 0.6) is 5.75 Å². The summed E-state index contributed by atoms with van der Waals surface area (Å²) in [6, 6.07) is 11.1. The van der Waals surface area contributed by atoms with Gasteiger partial charge in [0.2, 0.25) is 5.88 Å². The number of nitrogens with two attached hydrogens (primary N) is 2. The molecular weight excluding hydrogens is 252 g/mol. The lowest BCUT2D eigenvalue weighted by molar-refractivity contribution is 0.394. The highest BCUT2D eigenvalue weighted by Crippen LogP contribution is 2.42. The first-order chi connectivity index (χ1) is 9.70. The van der Waals surface area contributed by atoms with Gasteiger partial charge < -0.3 is 16.2 Å². The fourth-order valence-corrected chi connectivity index (χ4v) is 2.37. The molecule has 1 aliphatic rings. The van der Waals surface area contributed by atoms with Crippen LogP contribution in [0.1, 0.15) is 17.0 Å². The average Bonchev–Trinajstić information content (AvgIpc) is 2.47. The van der Waals surface area contributed by atoms with Crippen LogP contribution < -0.4 is 16.2 Å². The zero-order chi connectivity index (χ0) is 14.1. The number of nitrogen functional groups attached to an aromatic ring is 1. The summed E-state index contributed by atoms with van der Waals surface area (Å²) in [6.07, 6.45) is 3.40. The van der Waals surface area contributed by atoms with E-state index < -0.39 is 0 Å². The third-order valence-corrected chi connectivity index (χ3v) is 3.26. The highest BCUT2D eigenvalue weighted by molar-refractivity contribution is 5.59. The molecule has 0 radical (unpaired) electrons. The number of nitriles is 1. The van der Waals surface area contributed by atoms with Crippen molar-refractivity contribution in [3.63, 3.8) is 0 Å². The van der Waals surface area contributed by atoms with Gasteiger partial charge >= 0.3 is 0 Å². The van der Waals surface area contributed by atoms with E-state index in [1.54, 1.807) is 30.6 Å². The smallest absolute Gasteiger partial charge is 0.205 e. The maximum Gasteiger partial charge on any atom is 0.205 e. The van der Waals surface area contributed by atoms with E-state index in [9.17, 15) is 5.26 Å². The first-order valence-corrected chi connectivity index (χ1v) is 6.07. The Morgan fingerprint density at radius 2 is 2.10 bits per heavy atom. The molecule has 20 heavy (non-hydrogen) atoms. The minimum Gasteiger partial charge on any atom is -0.440 e. The lowest BCUT2D eigenvalue weighted by Gasteiger charge is -2.26. The van der Waals surface area contributed by atoms with Crippen LogP contribution in [-0.2, 0) is 0 Å². The van der Waals surface area contributed by atoms with Crippen LogP contribution in [0.4, 0.5) is 5.69 Å². The number of allylic oxidation sites excluding steroid dienone is 1. The van der Waals surface area contributed by atoms with Crippen molar-refractivity contribution >= 4 is 5.69 Å². The molecule has 0 saturated heterocycles. The van der Waals surface area contributed by atoms with Crippen LogP contribution in [-0.4, -0.2) is 4.98 Å². The first kappa shape index (κ1) is 12.1. The molecule has 1 atom stereocenters. The lowest BCUT2D eigenvalue weighted by Crippen LogP contribution is -2.21. The topological polar surface area (TPSA) is 98.0 Å². The van der Waals surface area contributed by atoms with Gasteiger partial charge in [-0.25, -0.2) is 0 Å². The summed E-state index contributed by atoms with van der Waals surface area (Å²) in [5.74, 6) is 0.434. The molecule has 5 heteroatoms. The number of anilines is 1. The molecule has 2 aromatic rings. The second kappa shape index (κ2) is 4.59. The minimum absolute atomic E-state index is 0.124. The number of benzene rings is 1. The fourth-order valence-electron chi connectivity index (χ4n) is 2.37. The summed E-state index contributed by atoms with van der Waals surface area (Å²) in [6.45, 7) is 0. The second-order valence-electron chi connectivity index (χ2n) is 4.51. The quantitative estimate of drug-likeness (QED) is 0.766. The Labute approximate surface area is 116 Å². The maximum absolute atomic E-state index is 9.37. The largest absolute Gasteiger partial charge is 0.440 e. The molecule has 2 heterocycles.